The van der Waals surface area contributed by atoms with Gasteiger partial charge < -0.3 is 14.6 Å². The lowest BCUT2D eigenvalue weighted by Crippen LogP contribution is -2.34. The highest BCUT2D eigenvalue weighted by Crippen LogP contribution is 2.25. The van der Waals surface area contributed by atoms with Crippen LogP contribution in [0.25, 0.3) is 11.3 Å². The zero-order valence-electron chi connectivity index (χ0n) is 13.7. The van der Waals surface area contributed by atoms with Gasteiger partial charge in [-0.25, -0.2) is 0 Å². The van der Waals surface area contributed by atoms with Crippen molar-refractivity contribution in [2.45, 2.75) is 38.3 Å². The summed E-state index contributed by atoms with van der Waals surface area (Å²) in [6.07, 6.45) is 2.21. The maximum atomic E-state index is 10.2. The van der Waals surface area contributed by atoms with Crippen molar-refractivity contribution in [3.8, 4) is 11.3 Å². The average Bonchev–Trinajstić information content (AvgIpc) is 2.90. The van der Waals surface area contributed by atoms with Gasteiger partial charge in [-0.2, -0.15) is 0 Å². The summed E-state index contributed by atoms with van der Waals surface area (Å²) >= 11 is 0. The van der Waals surface area contributed by atoms with Gasteiger partial charge in [-0.15, -0.1) is 0 Å². The van der Waals surface area contributed by atoms with E-state index in [0.717, 1.165) is 43.1 Å². The second kappa shape index (κ2) is 6.87. The van der Waals surface area contributed by atoms with Crippen LogP contribution < -0.4 is 0 Å². The van der Waals surface area contributed by atoms with Gasteiger partial charge in [-0.05, 0) is 56.5 Å². The number of rotatable bonds is 4. The predicted octanol–water partition coefficient (Wildman–Crippen LogP) is 2.96. The third-order valence-electron chi connectivity index (χ3n) is 4.66. The van der Waals surface area contributed by atoms with Crippen LogP contribution in [-0.4, -0.2) is 40.4 Å². The lowest BCUT2D eigenvalue weighted by atomic mass is 9.96. The van der Waals surface area contributed by atoms with Gasteiger partial charge in [-0.1, -0.05) is 18.2 Å². The second-order valence-electron chi connectivity index (χ2n) is 6.62. The highest BCUT2D eigenvalue weighted by Gasteiger charge is 2.29. The first-order chi connectivity index (χ1) is 11.1. The number of hydrogen-bond donors (Lipinski definition) is 2. The maximum absolute atomic E-state index is 10.2. The first kappa shape index (κ1) is 16.2. The van der Waals surface area contributed by atoms with E-state index in [1.54, 1.807) is 0 Å². The molecule has 1 atom stereocenters. The van der Waals surface area contributed by atoms with E-state index in [1.807, 2.05) is 19.1 Å². The maximum Gasteiger partial charge on any atom is 0.134 e. The van der Waals surface area contributed by atoms with E-state index < -0.39 is 5.60 Å². The third-order valence-corrected chi connectivity index (χ3v) is 4.66. The van der Waals surface area contributed by atoms with Crippen molar-refractivity contribution in [1.82, 2.24) is 4.90 Å². The Hall–Kier alpha value is -1.62. The molecule has 0 spiro atoms. The molecule has 2 N–H and O–H groups in total. The monoisotopic (exact) mass is 315 g/mol. The Morgan fingerprint density at radius 2 is 2.04 bits per heavy atom. The molecule has 124 valence electrons. The standard InChI is InChI=1S/C19H25NO3/c1-15-6-7-18(23-15)17-5-2-4-16(12-17)13-20-10-3-8-19(22,14-21)9-11-20/h2,4-7,12,21-22H,3,8-11,13-14H2,1H3/t19-/m1/s1. The summed E-state index contributed by atoms with van der Waals surface area (Å²) in [5.41, 5.74) is 1.44. The third kappa shape index (κ3) is 4.02. The summed E-state index contributed by atoms with van der Waals surface area (Å²) < 4.78 is 5.70. The number of benzene rings is 1. The van der Waals surface area contributed by atoms with E-state index in [4.69, 9.17) is 4.42 Å². The first-order valence-electron chi connectivity index (χ1n) is 8.29. The molecular formula is C19H25NO3. The summed E-state index contributed by atoms with van der Waals surface area (Å²) in [6.45, 7) is 4.42. The quantitative estimate of drug-likeness (QED) is 0.911. The molecule has 1 aromatic carbocycles. The molecule has 0 saturated carbocycles. The number of aliphatic hydroxyl groups is 2. The fourth-order valence-corrected chi connectivity index (χ4v) is 3.22. The Morgan fingerprint density at radius 3 is 2.78 bits per heavy atom. The van der Waals surface area contributed by atoms with Gasteiger partial charge in [0.25, 0.3) is 0 Å². The van der Waals surface area contributed by atoms with E-state index in [9.17, 15) is 10.2 Å². The lowest BCUT2D eigenvalue weighted by molar-refractivity contribution is -0.0255. The highest BCUT2D eigenvalue weighted by molar-refractivity contribution is 5.58. The van der Waals surface area contributed by atoms with Crippen LogP contribution in [0.2, 0.25) is 0 Å². The smallest absolute Gasteiger partial charge is 0.134 e. The SMILES string of the molecule is Cc1ccc(-c2cccc(CN3CCC[C@](O)(CO)CC3)c2)o1. The van der Waals surface area contributed by atoms with E-state index in [0.29, 0.717) is 12.8 Å². The van der Waals surface area contributed by atoms with Crippen molar-refractivity contribution in [2.75, 3.05) is 19.7 Å². The van der Waals surface area contributed by atoms with Crippen LogP contribution in [-0.2, 0) is 6.54 Å². The van der Waals surface area contributed by atoms with Gasteiger partial charge in [0.1, 0.15) is 11.5 Å². The number of aliphatic hydroxyl groups excluding tert-OH is 1. The van der Waals surface area contributed by atoms with Crippen molar-refractivity contribution in [3.63, 3.8) is 0 Å². The Bertz CT molecular complexity index is 652. The van der Waals surface area contributed by atoms with Crippen LogP contribution in [0.3, 0.4) is 0 Å². The Morgan fingerprint density at radius 1 is 1.17 bits per heavy atom. The zero-order valence-corrected chi connectivity index (χ0v) is 13.7. The molecule has 2 heterocycles. The Balaban J connectivity index is 1.68. The molecule has 1 aliphatic rings. The molecule has 4 heteroatoms. The molecule has 0 unspecified atom stereocenters. The van der Waals surface area contributed by atoms with Gasteiger partial charge in [0.05, 0.1) is 12.2 Å². The van der Waals surface area contributed by atoms with Gasteiger partial charge >= 0.3 is 0 Å². The molecule has 0 radical (unpaired) electrons. The van der Waals surface area contributed by atoms with E-state index in [2.05, 4.69) is 29.2 Å². The van der Waals surface area contributed by atoms with Crippen LogP contribution in [0.15, 0.2) is 40.8 Å². The minimum absolute atomic E-state index is 0.145. The molecule has 0 amide bonds. The molecule has 0 bridgehead atoms. The van der Waals surface area contributed by atoms with E-state index >= 15 is 0 Å². The van der Waals surface area contributed by atoms with E-state index in [-0.39, 0.29) is 6.61 Å². The zero-order chi connectivity index (χ0) is 16.3. The van der Waals surface area contributed by atoms with Gasteiger partial charge in [0.2, 0.25) is 0 Å². The fraction of sp³-hybridized carbons (Fsp3) is 0.474. The fourth-order valence-electron chi connectivity index (χ4n) is 3.22. The van der Waals surface area contributed by atoms with Crippen molar-refractivity contribution in [3.05, 3.63) is 47.7 Å². The highest BCUT2D eigenvalue weighted by atomic mass is 16.3. The summed E-state index contributed by atoms with van der Waals surface area (Å²) in [6, 6.07) is 12.4. The van der Waals surface area contributed by atoms with Gasteiger partial charge in [-0.3, -0.25) is 4.90 Å². The van der Waals surface area contributed by atoms with Crippen LogP contribution >= 0.6 is 0 Å². The second-order valence-corrected chi connectivity index (χ2v) is 6.62. The summed E-state index contributed by atoms with van der Waals surface area (Å²) in [5.74, 6) is 1.82. The predicted molar refractivity (Wildman–Crippen MR) is 90.0 cm³/mol. The molecule has 1 aromatic heterocycles. The van der Waals surface area contributed by atoms with E-state index in [1.165, 1.54) is 5.56 Å². The molecular weight excluding hydrogens is 290 g/mol. The molecule has 23 heavy (non-hydrogen) atoms. The van der Waals surface area contributed by atoms with Crippen molar-refractivity contribution in [1.29, 1.82) is 0 Å². The van der Waals surface area contributed by atoms with Crippen LogP contribution in [0, 0.1) is 6.92 Å². The number of nitrogens with zero attached hydrogens (tertiary/aromatic N) is 1. The number of furan rings is 1. The van der Waals surface area contributed by atoms with Gasteiger partial charge in [0, 0.05) is 18.7 Å². The molecule has 1 fully saturated rings. The molecule has 0 aliphatic carbocycles. The first-order valence-corrected chi connectivity index (χ1v) is 8.29. The number of hydrogen-bond acceptors (Lipinski definition) is 4. The number of likely N-dealkylation sites (tertiary alicyclic amines) is 1. The topological polar surface area (TPSA) is 56.8 Å². The molecule has 4 nitrogen and oxygen atoms in total. The summed E-state index contributed by atoms with van der Waals surface area (Å²) in [5, 5.41) is 19.6. The molecule has 1 aliphatic heterocycles. The Kier molecular flexibility index (Phi) is 4.85. The minimum atomic E-state index is -0.901. The van der Waals surface area contributed by atoms with Crippen LogP contribution in [0.4, 0.5) is 0 Å². The molecule has 3 rings (SSSR count). The van der Waals surface area contributed by atoms with Crippen LogP contribution in [0.5, 0.6) is 0 Å². The van der Waals surface area contributed by atoms with Crippen molar-refractivity contribution >= 4 is 0 Å². The lowest BCUT2D eigenvalue weighted by Gasteiger charge is -2.24. The average molecular weight is 315 g/mol. The van der Waals surface area contributed by atoms with Crippen molar-refractivity contribution < 1.29 is 14.6 Å². The molecule has 1 saturated heterocycles. The minimum Gasteiger partial charge on any atom is -0.461 e. The number of aryl methyl sites for hydroxylation is 1. The Labute approximate surface area is 137 Å². The van der Waals surface area contributed by atoms with Crippen molar-refractivity contribution in [2.24, 2.45) is 0 Å². The normalized spacial score (nSPS) is 22.9. The summed E-state index contributed by atoms with van der Waals surface area (Å²) in [7, 11) is 0. The van der Waals surface area contributed by atoms with Gasteiger partial charge in [0.15, 0.2) is 0 Å². The molecule has 2 aromatic rings. The van der Waals surface area contributed by atoms with Crippen LogP contribution in [0.1, 0.15) is 30.6 Å². The summed E-state index contributed by atoms with van der Waals surface area (Å²) in [4.78, 5) is 2.35. The largest absolute Gasteiger partial charge is 0.461 e.